The second-order valence-corrected chi connectivity index (χ2v) is 10.3. The van der Waals surface area contributed by atoms with Gasteiger partial charge in [-0.05, 0) is 23.9 Å². The Hall–Kier alpha value is -2.66. The van der Waals surface area contributed by atoms with E-state index in [4.69, 9.17) is 0 Å². The summed E-state index contributed by atoms with van der Waals surface area (Å²) in [5.74, 6) is -42.4. The summed E-state index contributed by atoms with van der Waals surface area (Å²) in [6.07, 6.45) is -5.76. The molecule has 0 N–H and O–H groups in total. The smallest absolute Gasteiger partial charge is 0.446 e. The number of carbonyl (C=O) groups is 1. The molecule has 40 heavy (non-hydrogen) atoms. The maximum atomic E-state index is 13.7. The van der Waals surface area contributed by atoms with E-state index in [2.05, 4.69) is 4.74 Å². The van der Waals surface area contributed by atoms with Crippen LogP contribution in [0.2, 0.25) is 0 Å². The Morgan fingerprint density at radius 2 is 1.40 bits per heavy atom. The van der Waals surface area contributed by atoms with Gasteiger partial charge in [-0.25, -0.2) is 17.2 Å². The van der Waals surface area contributed by atoms with Gasteiger partial charge in [0, 0.05) is 11.0 Å². The van der Waals surface area contributed by atoms with Crippen LogP contribution in [0.25, 0.3) is 0 Å². The van der Waals surface area contributed by atoms with Crippen LogP contribution in [0.4, 0.5) is 71.5 Å². The second kappa shape index (κ2) is 11.0. The molecule has 0 aliphatic carbocycles. The normalized spacial score (nSPS) is 14.4. The molecule has 0 bridgehead atoms. The number of halogens is 15. The lowest BCUT2D eigenvalue weighted by molar-refractivity contribution is -0.414. The van der Waals surface area contributed by atoms with Gasteiger partial charge in [0.2, 0.25) is 0 Å². The van der Waals surface area contributed by atoms with Crippen LogP contribution in [0.5, 0.6) is 0 Å². The Morgan fingerprint density at radius 1 is 0.900 bits per heavy atom. The fraction of sp³-hybridized carbons (Fsp3) is 0.562. The summed E-state index contributed by atoms with van der Waals surface area (Å²) in [6.45, 7) is -3.44. The van der Waals surface area contributed by atoms with Crippen molar-refractivity contribution < 1.29 is 88.7 Å². The molecule has 7 nitrogen and oxygen atoms in total. The van der Waals surface area contributed by atoms with Crippen molar-refractivity contribution in [2.24, 2.45) is 0 Å². The van der Waals surface area contributed by atoms with Crippen molar-refractivity contribution in [1.82, 2.24) is 0 Å². The average Bonchev–Trinajstić information content (AvgIpc) is 2.75. The van der Waals surface area contributed by atoms with Crippen molar-refractivity contribution in [2.45, 2.75) is 51.3 Å². The predicted octanol–water partition coefficient (Wildman–Crippen LogP) is 5.97. The minimum Gasteiger partial charge on any atom is -0.458 e. The maximum Gasteiger partial charge on any atom is 0.446 e. The molecule has 0 saturated carbocycles. The number of nitro benzene ring substituents is 1. The van der Waals surface area contributed by atoms with Crippen LogP contribution in [0.3, 0.4) is 0 Å². The summed E-state index contributed by atoms with van der Waals surface area (Å²) in [4.78, 5) is 18.5. The van der Waals surface area contributed by atoms with Crippen molar-refractivity contribution in [3.8, 4) is 0 Å². The highest BCUT2D eigenvalue weighted by Gasteiger charge is 2.87. The summed E-state index contributed by atoms with van der Waals surface area (Å²) in [6, 6.07) is 0.501. The van der Waals surface area contributed by atoms with Gasteiger partial charge in [-0.2, -0.15) is 57.1 Å². The topological polar surface area (TPSA) is 104 Å². The monoisotopic (exact) mass is 659 g/mol. The molecule has 0 heterocycles. The first-order valence-corrected chi connectivity index (χ1v) is 11.6. The molecule has 1 aromatic carbocycles. The molecule has 1 rings (SSSR count). The van der Waals surface area contributed by atoms with E-state index >= 15 is 0 Å². The van der Waals surface area contributed by atoms with E-state index in [-0.39, 0.29) is 12.1 Å². The van der Waals surface area contributed by atoms with Gasteiger partial charge < -0.3 is 4.74 Å². The van der Waals surface area contributed by atoms with Gasteiger partial charge in [0.05, 0.1) is 4.92 Å². The predicted molar refractivity (Wildman–Crippen MR) is 98.8 cm³/mol. The van der Waals surface area contributed by atoms with Crippen LogP contribution < -0.4 is 0 Å². The Balaban J connectivity index is 3.22. The SMILES string of the molecule is O=C(CS(=O)(=O)c1ccc(SC(F)(F)F)cc1[N+](=O)[O-])OCC(F)(F)C(F)(F)C(F)(F)C(F)(F)C(F)(F)C(F)F. The standard InChI is InChI=1S/C16H8F15NO6S2/c17-10(18)12(21,22)14(25,26)15(27,28)13(23,24)11(19,20)5-38-9(33)4-40(36,37)8-2-1-6(39-16(29,30)31)3-7(8)32(34)35/h1-3,10H,4-5H2. The number of thioether (sulfide) groups is 1. The Morgan fingerprint density at radius 3 is 1.82 bits per heavy atom. The fourth-order valence-corrected chi connectivity index (χ4v) is 4.26. The van der Waals surface area contributed by atoms with E-state index in [1.165, 1.54) is 0 Å². The molecule has 0 saturated heterocycles. The van der Waals surface area contributed by atoms with E-state index in [9.17, 15) is 89.2 Å². The maximum absolute atomic E-state index is 13.7. The Labute approximate surface area is 214 Å². The third kappa shape index (κ3) is 6.79. The molecular weight excluding hydrogens is 651 g/mol. The number of sulfone groups is 1. The zero-order valence-corrected chi connectivity index (χ0v) is 19.7. The van der Waals surface area contributed by atoms with Gasteiger partial charge in [-0.1, -0.05) is 0 Å². The summed E-state index contributed by atoms with van der Waals surface area (Å²) in [7, 11) is -5.47. The number of rotatable bonds is 12. The van der Waals surface area contributed by atoms with Gasteiger partial charge in [-0.15, -0.1) is 0 Å². The van der Waals surface area contributed by atoms with E-state index in [1.54, 1.807) is 0 Å². The molecule has 0 unspecified atom stereocenters. The highest BCUT2D eigenvalue weighted by molar-refractivity contribution is 8.00. The molecule has 0 atom stereocenters. The summed E-state index contributed by atoms with van der Waals surface area (Å²) in [5, 5.41) is 11.0. The van der Waals surface area contributed by atoms with E-state index in [0.29, 0.717) is 6.07 Å². The third-order valence-corrected chi connectivity index (χ3v) is 6.71. The van der Waals surface area contributed by atoms with E-state index in [1.807, 2.05) is 0 Å². The highest BCUT2D eigenvalue weighted by Crippen LogP contribution is 2.58. The molecule has 0 amide bonds. The zero-order valence-electron chi connectivity index (χ0n) is 18.1. The zero-order chi connectivity index (χ0) is 31.9. The first-order valence-electron chi connectivity index (χ1n) is 9.15. The molecule has 1 aromatic rings. The molecule has 230 valence electrons. The number of hydrogen-bond acceptors (Lipinski definition) is 7. The number of carbonyl (C=O) groups excluding carboxylic acids is 1. The van der Waals surface area contributed by atoms with Crippen LogP contribution in [-0.4, -0.2) is 73.2 Å². The largest absolute Gasteiger partial charge is 0.458 e. The molecular formula is C16H8F15NO6S2. The quantitative estimate of drug-likeness (QED) is 0.0897. The molecule has 0 aromatic heterocycles. The molecule has 0 aliphatic rings. The Kier molecular flexibility index (Phi) is 9.69. The van der Waals surface area contributed by atoms with Crippen molar-refractivity contribution in [3.05, 3.63) is 28.3 Å². The first kappa shape index (κ1) is 35.4. The van der Waals surface area contributed by atoms with Crippen LogP contribution in [-0.2, 0) is 19.4 Å². The van der Waals surface area contributed by atoms with Crippen molar-refractivity contribution in [2.75, 3.05) is 12.4 Å². The number of ether oxygens (including phenoxy) is 1. The third-order valence-electron chi connectivity index (χ3n) is 4.36. The lowest BCUT2D eigenvalue weighted by Gasteiger charge is -2.38. The number of nitro groups is 1. The lowest BCUT2D eigenvalue weighted by Crippen LogP contribution is -2.69. The van der Waals surface area contributed by atoms with E-state index in [0.717, 1.165) is 0 Å². The number of nitrogens with zero attached hydrogens (tertiary/aromatic N) is 1. The van der Waals surface area contributed by atoms with Crippen molar-refractivity contribution >= 4 is 33.3 Å². The molecule has 0 spiro atoms. The second-order valence-electron chi connectivity index (χ2n) is 7.21. The number of alkyl halides is 15. The van der Waals surface area contributed by atoms with Crippen LogP contribution in [0.1, 0.15) is 0 Å². The summed E-state index contributed by atoms with van der Waals surface area (Å²) in [5.41, 5.74) is -6.65. The van der Waals surface area contributed by atoms with Crippen LogP contribution >= 0.6 is 11.8 Å². The minimum atomic E-state index is -7.95. The van der Waals surface area contributed by atoms with Crippen LogP contribution in [0, 0.1) is 10.1 Å². The number of esters is 1. The van der Waals surface area contributed by atoms with Gasteiger partial charge in [0.1, 0.15) is 4.90 Å². The molecule has 24 heteroatoms. The van der Waals surface area contributed by atoms with Gasteiger partial charge in [-0.3, -0.25) is 14.9 Å². The lowest BCUT2D eigenvalue weighted by atomic mass is 9.94. The average molecular weight is 659 g/mol. The van der Waals surface area contributed by atoms with Crippen LogP contribution in [0.15, 0.2) is 28.0 Å². The summed E-state index contributed by atoms with van der Waals surface area (Å²) >= 11 is -0.963. The molecule has 0 radical (unpaired) electrons. The minimum absolute atomic E-state index is 0.0442. The Bertz CT molecular complexity index is 1230. The molecule has 0 fully saturated rings. The van der Waals surface area contributed by atoms with Crippen molar-refractivity contribution in [1.29, 1.82) is 0 Å². The number of benzene rings is 1. The van der Waals surface area contributed by atoms with E-state index < -0.39 is 102 Å². The van der Waals surface area contributed by atoms with Gasteiger partial charge in [0.15, 0.2) is 22.2 Å². The number of hydrogen-bond donors (Lipinski definition) is 0. The highest BCUT2D eigenvalue weighted by atomic mass is 32.2. The van der Waals surface area contributed by atoms with Gasteiger partial charge in [0.25, 0.3) is 5.69 Å². The van der Waals surface area contributed by atoms with Gasteiger partial charge >= 0.3 is 47.5 Å². The first-order chi connectivity index (χ1) is 17.5. The van der Waals surface area contributed by atoms with Crippen molar-refractivity contribution in [3.63, 3.8) is 0 Å². The molecule has 0 aliphatic heterocycles. The summed E-state index contributed by atoms with van der Waals surface area (Å²) < 4.78 is 222. The fourth-order valence-electron chi connectivity index (χ4n) is 2.41.